The molecule has 0 saturated heterocycles. The van der Waals surface area contributed by atoms with Crippen LogP contribution in [-0.4, -0.2) is 15.9 Å². The third-order valence-corrected chi connectivity index (χ3v) is 4.39. The fourth-order valence-corrected chi connectivity index (χ4v) is 3.19. The van der Waals surface area contributed by atoms with Crippen LogP contribution in [0.3, 0.4) is 0 Å². The van der Waals surface area contributed by atoms with Crippen molar-refractivity contribution in [2.75, 3.05) is 10.6 Å². The number of halogens is 1. The quantitative estimate of drug-likeness (QED) is 0.659. The Morgan fingerprint density at radius 1 is 1.07 bits per heavy atom. The summed E-state index contributed by atoms with van der Waals surface area (Å²) in [5, 5.41) is 6.50. The average Bonchev–Trinajstić information content (AvgIpc) is 2.63. The highest BCUT2D eigenvalue weighted by Gasteiger charge is 2.13. The summed E-state index contributed by atoms with van der Waals surface area (Å²) in [5.74, 6) is 0.0701. The van der Waals surface area contributed by atoms with Gasteiger partial charge in [-0.1, -0.05) is 47.5 Å². The Morgan fingerprint density at radius 3 is 2.63 bits per heavy atom. The largest absolute Gasteiger partial charge is 0.350 e. The number of hydrogen-bond acceptors (Lipinski definition) is 4. The maximum atomic E-state index is 12.6. The topological polar surface area (TPSA) is 66.9 Å². The highest BCUT2D eigenvalue weighted by molar-refractivity contribution is 6.34. The van der Waals surface area contributed by atoms with Crippen molar-refractivity contribution in [3.63, 3.8) is 0 Å². The molecule has 6 heteroatoms. The molecule has 0 atom stereocenters. The molecule has 27 heavy (non-hydrogen) atoms. The first-order valence-corrected chi connectivity index (χ1v) is 9.01. The van der Waals surface area contributed by atoms with Gasteiger partial charge in [0.25, 0.3) is 5.91 Å². The van der Waals surface area contributed by atoms with Crippen molar-refractivity contribution in [2.24, 2.45) is 0 Å². The minimum absolute atomic E-state index is 0.271. The van der Waals surface area contributed by atoms with E-state index in [4.69, 9.17) is 11.6 Å². The third-order valence-electron chi connectivity index (χ3n) is 4.09. The average molecular weight is 381 g/mol. The molecular formula is C21H21ClN4O. The van der Waals surface area contributed by atoms with Gasteiger partial charge >= 0.3 is 0 Å². The standard InChI is InChI=1S/C21H21ClN4O/c1-13-5-4-6-16(10-13)12-24-21-23-8-7-18(25-21)20(27)26-19-15(3)9-14(2)11-17(19)22/h4-11H,12H2,1-3H3,(H,26,27)(H,23,24,25). The smallest absolute Gasteiger partial charge is 0.274 e. The Balaban J connectivity index is 1.72. The fourth-order valence-electron chi connectivity index (χ4n) is 2.83. The molecule has 3 rings (SSSR count). The van der Waals surface area contributed by atoms with Crippen molar-refractivity contribution in [1.29, 1.82) is 0 Å². The van der Waals surface area contributed by atoms with Crippen molar-refractivity contribution in [2.45, 2.75) is 27.3 Å². The lowest BCUT2D eigenvalue weighted by atomic mass is 10.1. The van der Waals surface area contributed by atoms with Crippen LogP contribution in [0.5, 0.6) is 0 Å². The van der Waals surface area contributed by atoms with Crippen LogP contribution in [0.15, 0.2) is 48.7 Å². The van der Waals surface area contributed by atoms with Crippen LogP contribution < -0.4 is 10.6 Å². The Hall–Kier alpha value is -2.92. The molecule has 0 unspecified atom stereocenters. The van der Waals surface area contributed by atoms with Crippen molar-refractivity contribution < 1.29 is 4.79 Å². The number of nitrogens with zero attached hydrogens (tertiary/aromatic N) is 2. The van der Waals surface area contributed by atoms with Gasteiger partial charge in [0, 0.05) is 12.7 Å². The highest BCUT2D eigenvalue weighted by atomic mass is 35.5. The second-order valence-corrected chi connectivity index (χ2v) is 6.91. The van der Waals surface area contributed by atoms with E-state index in [1.54, 1.807) is 12.3 Å². The molecule has 5 nitrogen and oxygen atoms in total. The first-order chi connectivity index (χ1) is 12.9. The van der Waals surface area contributed by atoms with Crippen molar-refractivity contribution >= 4 is 29.1 Å². The molecule has 0 saturated carbocycles. The van der Waals surface area contributed by atoms with Crippen molar-refractivity contribution in [3.05, 3.63) is 81.6 Å². The summed E-state index contributed by atoms with van der Waals surface area (Å²) in [6.45, 7) is 6.49. The van der Waals surface area contributed by atoms with Crippen LogP contribution in [0.1, 0.15) is 32.7 Å². The molecule has 1 aromatic heterocycles. The zero-order valence-corrected chi connectivity index (χ0v) is 16.3. The second-order valence-electron chi connectivity index (χ2n) is 6.50. The van der Waals surface area contributed by atoms with E-state index in [0.717, 1.165) is 16.7 Å². The van der Waals surface area contributed by atoms with E-state index in [1.165, 1.54) is 5.56 Å². The summed E-state index contributed by atoms with van der Waals surface area (Å²) < 4.78 is 0. The van der Waals surface area contributed by atoms with Crippen molar-refractivity contribution in [1.82, 2.24) is 9.97 Å². The van der Waals surface area contributed by atoms with E-state index in [9.17, 15) is 4.79 Å². The summed E-state index contributed by atoms with van der Waals surface area (Å²) in [6, 6.07) is 13.5. The van der Waals surface area contributed by atoms with E-state index in [2.05, 4.69) is 26.7 Å². The lowest BCUT2D eigenvalue weighted by molar-refractivity contribution is 0.102. The number of carbonyl (C=O) groups excluding carboxylic acids is 1. The van der Waals surface area contributed by atoms with Gasteiger partial charge < -0.3 is 10.6 Å². The van der Waals surface area contributed by atoms with Crippen LogP contribution in [0.2, 0.25) is 5.02 Å². The van der Waals surface area contributed by atoms with Gasteiger partial charge in [-0.3, -0.25) is 4.79 Å². The van der Waals surface area contributed by atoms with Gasteiger partial charge in [0.2, 0.25) is 5.95 Å². The Bertz CT molecular complexity index is 964. The summed E-state index contributed by atoms with van der Waals surface area (Å²) in [4.78, 5) is 21.1. The molecule has 0 fully saturated rings. The number of hydrogen-bond donors (Lipinski definition) is 2. The Morgan fingerprint density at radius 2 is 1.89 bits per heavy atom. The third kappa shape index (κ3) is 4.83. The first-order valence-electron chi connectivity index (χ1n) is 8.63. The van der Waals surface area contributed by atoms with Gasteiger partial charge in [-0.2, -0.15) is 0 Å². The predicted molar refractivity (Wildman–Crippen MR) is 109 cm³/mol. The summed E-state index contributed by atoms with van der Waals surface area (Å²) in [6.07, 6.45) is 1.56. The SMILES string of the molecule is Cc1cccc(CNc2nccc(C(=O)Nc3c(C)cc(C)cc3Cl)n2)c1. The molecule has 3 aromatic rings. The molecule has 0 aliphatic rings. The Kier molecular flexibility index (Phi) is 5.72. The number of anilines is 2. The molecule has 0 aliphatic heterocycles. The van der Waals surface area contributed by atoms with Gasteiger partial charge in [-0.15, -0.1) is 0 Å². The van der Waals surface area contributed by atoms with E-state index in [1.807, 2.05) is 51.1 Å². The molecule has 0 spiro atoms. The molecule has 0 aliphatic carbocycles. The molecule has 1 heterocycles. The number of benzene rings is 2. The maximum Gasteiger partial charge on any atom is 0.274 e. The molecule has 0 radical (unpaired) electrons. The van der Waals surface area contributed by atoms with Crippen LogP contribution in [0, 0.1) is 20.8 Å². The fraction of sp³-hybridized carbons (Fsp3) is 0.190. The lowest BCUT2D eigenvalue weighted by Gasteiger charge is -2.12. The molecule has 138 valence electrons. The van der Waals surface area contributed by atoms with E-state index >= 15 is 0 Å². The summed E-state index contributed by atoms with van der Waals surface area (Å²) in [5.41, 5.74) is 5.12. The van der Waals surface area contributed by atoms with Crippen LogP contribution in [0.4, 0.5) is 11.6 Å². The van der Waals surface area contributed by atoms with Gasteiger partial charge in [-0.05, 0) is 49.6 Å². The second kappa shape index (κ2) is 8.18. The number of nitrogens with one attached hydrogen (secondary N) is 2. The van der Waals surface area contributed by atoms with E-state index in [-0.39, 0.29) is 11.6 Å². The van der Waals surface area contributed by atoms with Crippen LogP contribution >= 0.6 is 11.6 Å². The molecular weight excluding hydrogens is 360 g/mol. The zero-order chi connectivity index (χ0) is 19.4. The van der Waals surface area contributed by atoms with Gasteiger partial charge in [0.1, 0.15) is 5.69 Å². The first kappa shape index (κ1) is 18.9. The minimum Gasteiger partial charge on any atom is -0.350 e. The van der Waals surface area contributed by atoms with Gasteiger partial charge in [0.15, 0.2) is 0 Å². The minimum atomic E-state index is -0.329. The Labute approximate surface area is 163 Å². The molecule has 0 bridgehead atoms. The number of carbonyl (C=O) groups is 1. The lowest BCUT2D eigenvalue weighted by Crippen LogP contribution is -2.16. The number of amides is 1. The number of aromatic nitrogens is 2. The predicted octanol–water partition coefficient (Wildman–Crippen LogP) is 4.92. The van der Waals surface area contributed by atoms with Crippen LogP contribution in [-0.2, 0) is 6.54 Å². The maximum absolute atomic E-state index is 12.6. The monoisotopic (exact) mass is 380 g/mol. The molecule has 2 N–H and O–H groups in total. The number of aryl methyl sites for hydroxylation is 3. The number of rotatable bonds is 5. The molecule has 1 amide bonds. The van der Waals surface area contributed by atoms with Gasteiger partial charge in [0.05, 0.1) is 10.7 Å². The zero-order valence-electron chi connectivity index (χ0n) is 15.5. The summed E-state index contributed by atoms with van der Waals surface area (Å²) >= 11 is 6.27. The van der Waals surface area contributed by atoms with E-state index in [0.29, 0.717) is 23.2 Å². The molecule has 2 aromatic carbocycles. The van der Waals surface area contributed by atoms with E-state index < -0.39 is 0 Å². The van der Waals surface area contributed by atoms with Crippen molar-refractivity contribution in [3.8, 4) is 0 Å². The highest BCUT2D eigenvalue weighted by Crippen LogP contribution is 2.27. The summed E-state index contributed by atoms with van der Waals surface area (Å²) in [7, 11) is 0. The van der Waals surface area contributed by atoms with Crippen LogP contribution in [0.25, 0.3) is 0 Å². The van der Waals surface area contributed by atoms with Gasteiger partial charge in [-0.25, -0.2) is 9.97 Å². The normalized spacial score (nSPS) is 10.5.